The predicted molar refractivity (Wildman–Crippen MR) is 71.6 cm³/mol. The summed E-state index contributed by atoms with van der Waals surface area (Å²) in [7, 11) is 0. The van der Waals surface area contributed by atoms with Crippen LogP contribution < -0.4 is 4.74 Å². The van der Waals surface area contributed by atoms with Crippen molar-refractivity contribution in [2.24, 2.45) is 5.41 Å². The monoisotopic (exact) mass is 284 g/mol. The van der Waals surface area contributed by atoms with Gasteiger partial charge in [0.05, 0.1) is 18.1 Å². The number of benzene rings is 1. The maximum absolute atomic E-state index is 11.1. The van der Waals surface area contributed by atoms with Gasteiger partial charge in [0, 0.05) is 17.0 Å². The summed E-state index contributed by atoms with van der Waals surface area (Å²) in [6, 6.07) is 3.47. The molecule has 0 aromatic heterocycles. The van der Waals surface area contributed by atoms with Crippen molar-refractivity contribution in [3.8, 4) is 5.75 Å². The summed E-state index contributed by atoms with van der Waals surface area (Å²) in [5.41, 5.74) is 0.539. The van der Waals surface area contributed by atoms with Crippen LogP contribution in [0.15, 0.2) is 12.1 Å². The van der Waals surface area contributed by atoms with Crippen LogP contribution in [-0.4, -0.2) is 22.8 Å². The van der Waals surface area contributed by atoms with Crippen LogP contribution in [0.1, 0.15) is 37.5 Å². The Kier molecular flexibility index (Phi) is 3.74. The van der Waals surface area contributed by atoms with Crippen molar-refractivity contribution in [2.75, 3.05) is 6.61 Å². The fourth-order valence-corrected chi connectivity index (χ4v) is 2.48. The van der Waals surface area contributed by atoms with E-state index in [-0.39, 0.29) is 6.42 Å². The minimum Gasteiger partial charge on any atom is -0.493 e. The third-order valence-electron chi connectivity index (χ3n) is 3.42. The van der Waals surface area contributed by atoms with Gasteiger partial charge in [-0.15, -0.1) is 0 Å². The van der Waals surface area contributed by atoms with Crippen LogP contribution in [-0.2, 0) is 11.2 Å². The van der Waals surface area contributed by atoms with Gasteiger partial charge < -0.3 is 14.9 Å². The number of fused-ring (bicyclic) bond motifs is 1. The highest BCUT2D eigenvalue weighted by molar-refractivity contribution is 6.30. The Bertz CT molecular complexity index is 510. The molecule has 2 rings (SSSR count). The maximum atomic E-state index is 11.1. The van der Waals surface area contributed by atoms with Crippen LogP contribution >= 0.6 is 11.6 Å². The quantitative estimate of drug-likeness (QED) is 0.892. The average molecular weight is 285 g/mol. The number of aliphatic hydroxyl groups is 1. The van der Waals surface area contributed by atoms with Gasteiger partial charge in [0.2, 0.25) is 0 Å². The molecule has 104 valence electrons. The van der Waals surface area contributed by atoms with E-state index in [1.807, 2.05) is 6.07 Å². The maximum Gasteiger partial charge on any atom is 0.309 e. The minimum atomic E-state index is -1.01. The highest BCUT2D eigenvalue weighted by atomic mass is 35.5. The van der Waals surface area contributed by atoms with E-state index in [1.54, 1.807) is 19.9 Å². The van der Waals surface area contributed by atoms with Crippen LogP contribution in [0.4, 0.5) is 0 Å². The van der Waals surface area contributed by atoms with E-state index in [4.69, 9.17) is 21.4 Å². The number of ether oxygens (including phenoxy) is 1. The van der Waals surface area contributed by atoms with Gasteiger partial charge in [-0.2, -0.15) is 0 Å². The molecule has 1 aliphatic rings. The smallest absolute Gasteiger partial charge is 0.309 e. The van der Waals surface area contributed by atoms with Crippen molar-refractivity contribution in [1.29, 1.82) is 0 Å². The molecule has 0 aliphatic carbocycles. The highest BCUT2D eigenvalue weighted by Crippen LogP contribution is 2.40. The van der Waals surface area contributed by atoms with Crippen LogP contribution in [0, 0.1) is 5.41 Å². The average Bonchev–Trinajstić information content (AvgIpc) is 2.74. The molecule has 4 nitrogen and oxygen atoms in total. The molecule has 19 heavy (non-hydrogen) atoms. The fourth-order valence-electron chi connectivity index (χ4n) is 2.23. The number of aliphatic carboxylic acids is 1. The van der Waals surface area contributed by atoms with Crippen molar-refractivity contribution < 1.29 is 19.7 Å². The van der Waals surface area contributed by atoms with Crippen molar-refractivity contribution >= 4 is 17.6 Å². The normalized spacial score (nSPS) is 15.8. The van der Waals surface area contributed by atoms with Crippen LogP contribution in [0.5, 0.6) is 5.75 Å². The molecule has 0 radical (unpaired) electrons. The second-order valence-corrected chi connectivity index (χ2v) is 5.93. The van der Waals surface area contributed by atoms with Crippen LogP contribution in [0.2, 0.25) is 5.02 Å². The molecule has 1 unspecified atom stereocenters. The fraction of sp³-hybridized carbons (Fsp3) is 0.500. The number of carboxylic acid groups (broad SMARTS) is 1. The molecular formula is C14H17ClO4. The Balaban J connectivity index is 2.30. The molecule has 0 saturated carbocycles. The van der Waals surface area contributed by atoms with Gasteiger partial charge in [-0.05, 0) is 38.0 Å². The molecular weight excluding hydrogens is 268 g/mol. The molecule has 1 aromatic carbocycles. The van der Waals surface area contributed by atoms with Gasteiger partial charge in [0.1, 0.15) is 5.75 Å². The zero-order valence-corrected chi connectivity index (χ0v) is 11.7. The number of rotatable bonds is 4. The molecule has 1 aliphatic heterocycles. The Morgan fingerprint density at radius 2 is 2.21 bits per heavy atom. The summed E-state index contributed by atoms with van der Waals surface area (Å²) < 4.78 is 5.51. The third-order valence-corrected chi connectivity index (χ3v) is 3.64. The van der Waals surface area contributed by atoms with E-state index >= 15 is 0 Å². The second kappa shape index (κ2) is 5.02. The summed E-state index contributed by atoms with van der Waals surface area (Å²) in [6.07, 6.45) is -0.0344. The summed E-state index contributed by atoms with van der Waals surface area (Å²) in [6.45, 7) is 3.74. The Morgan fingerprint density at radius 1 is 1.53 bits per heavy atom. The third kappa shape index (κ3) is 2.85. The van der Waals surface area contributed by atoms with E-state index < -0.39 is 17.5 Å². The summed E-state index contributed by atoms with van der Waals surface area (Å²) in [5.74, 6) is -0.288. The summed E-state index contributed by atoms with van der Waals surface area (Å²) >= 11 is 6.02. The molecule has 1 aromatic rings. The topological polar surface area (TPSA) is 66.8 Å². The zero-order valence-electron chi connectivity index (χ0n) is 10.9. The first kappa shape index (κ1) is 14.2. The molecule has 5 heteroatoms. The molecule has 0 amide bonds. The highest BCUT2D eigenvalue weighted by Gasteiger charge is 2.32. The minimum absolute atomic E-state index is 0.110. The summed E-state index contributed by atoms with van der Waals surface area (Å²) in [4.78, 5) is 11.1. The van der Waals surface area contributed by atoms with E-state index in [1.165, 1.54) is 0 Å². The lowest BCUT2D eigenvalue weighted by Gasteiger charge is -2.24. The SMILES string of the molecule is CC(C)(CC(O)c1cc(Cl)cc2c1OCC2)C(=O)O. The van der Waals surface area contributed by atoms with Crippen molar-refractivity contribution in [1.82, 2.24) is 0 Å². The number of hydrogen-bond acceptors (Lipinski definition) is 3. The number of carboxylic acids is 1. The largest absolute Gasteiger partial charge is 0.493 e. The predicted octanol–water partition coefficient (Wildman–Crippen LogP) is 2.81. The molecule has 0 spiro atoms. The van der Waals surface area contributed by atoms with Gasteiger partial charge in [0.25, 0.3) is 0 Å². The van der Waals surface area contributed by atoms with Crippen molar-refractivity contribution in [3.05, 3.63) is 28.3 Å². The van der Waals surface area contributed by atoms with E-state index in [9.17, 15) is 9.90 Å². The van der Waals surface area contributed by atoms with Gasteiger partial charge >= 0.3 is 5.97 Å². The summed E-state index contributed by atoms with van der Waals surface area (Å²) in [5, 5.41) is 19.9. The van der Waals surface area contributed by atoms with E-state index in [0.29, 0.717) is 22.9 Å². The molecule has 2 N–H and O–H groups in total. The number of halogens is 1. The lowest BCUT2D eigenvalue weighted by Crippen LogP contribution is -2.26. The molecule has 0 saturated heterocycles. The lowest BCUT2D eigenvalue weighted by atomic mass is 9.84. The van der Waals surface area contributed by atoms with Crippen LogP contribution in [0.25, 0.3) is 0 Å². The molecule has 0 fully saturated rings. The Hall–Kier alpha value is -1.26. The first-order chi connectivity index (χ1) is 8.81. The van der Waals surface area contributed by atoms with E-state index in [0.717, 1.165) is 12.0 Å². The number of hydrogen-bond donors (Lipinski definition) is 2. The number of carbonyl (C=O) groups is 1. The van der Waals surface area contributed by atoms with Crippen molar-refractivity contribution in [3.63, 3.8) is 0 Å². The molecule has 0 bridgehead atoms. The van der Waals surface area contributed by atoms with Crippen molar-refractivity contribution in [2.45, 2.75) is 32.8 Å². The van der Waals surface area contributed by atoms with Gasteiger partial charge in [-0.1, -0.05) is 11.6 Å². The van der Waals surface area contributed by atoms with E-state index in [2.05, 4.69) is 0 Å². The van der Waals surface area contributed by atoms with Gasteiger partial charge in [-0.3, -0.25) is 4.79 Å². The number of aliphatic hydroxyl groups excluding tert-OH is 1. The van der Waals surface area contributed by atoms with Gasteiger partial charge in [0.15, 0.2) is 0 Å². The lowest BCUT2D eigenvalue weighted by molar-refractivity contribution is -0.148. The first-order valence-corrected chi connectivity index (χ1v) is 6.55. The molecule has 1 heterocycles. The van der Waals surface area contributed by atoms with Gasteiger partial charge in [-0.25, -0.2) is 0 Å². The Labute approximate surface area is 117 Å². The zero-order chi connectivity index (χ0) is 14.2. The second-order valence-electron chi connectivity index (χ2n) is 5.49. The van der Waals surface area contributed by atoms with Crippen LogP contribution in [0.3, 0.4) is 0 Å². The standard InChI is InChI=1S/C14H17ClO4/c1-14(2,13(17)18)7-11(16)10-6-9(15)5-8-3-4-19-12(8)10/h5-6,11,16H,3-4,7H2,1-2H3,(H,17,18). The first-order valence-electron chi connectivity index (χ1n) is 6.18. The Morgan fingerprint density at radius 3 is 2.84 bits per heavy atom. The molecule has 1 atom stereocenters.